The Kier molecular flexibility index (Phi) is 3.38. The van der Waals surface area contributed by atoms with Gasteiger partial charge in [-0.25, -0.2) is 0 Å². The van der Waals surface area contributed by atoms with Gasteiger partial charge < -0.3 is 4.74 Å². The lowest BCUT2D eigenvalue weighted by atomic mass is 10.0. The highest BCUT2D eigenvalue weighted by Crippen LogP contribution is 2.34. The van der Waals surface area contributed by atoms with Crippen molar-refractivity contribution in [3.63, 3.8) is 0 Å². The van der Waals surface area contributed by atoms with E-state index in [1.54, 1.807) is 18.2 Å². The van der Waals surface area contributed by atoms with Crippen LogP contribution in [0, 0.1) is 11.3 Å². The topological polar surface area (TPSA) is 45.9 Å². The summed E-state index contributed by atoms with van der Waals surface area (Å²) in [6, 6.07) is 8.79. The van der Waals surface area contributed by atoms with Crippen LogP contribution in [0.3, 0.4) is 0 Å². The van der Waals surface area contributed by atoms with E-state index in [4.69, 9.17) is 5.26 Å². The molecule has 0 saturated heterocycles. The molecule has 0 aliphatic carbocycles. The molecule has 0 spiro atoms. The summed E-state index contributed by atoms with van der Waals surface area (Å²) >= 11 is 0. The molecular weight excluding hydrogens is 257 g/mol. The molecule has 0 atom stereocenters. The maximum atomic E-state index is 12.4. The summed E-state index contributed by atoms with van der Waals surface area (Å²) < 4.78 is 41.0. The van der Waals surface area contributed by atoms with E-state index in [9.17, 15) is 13.2 Å². The fourth-order valence-corrected chi connectivity index (χ4v) is 1.57. The van der Waals surface area contributed by atoms with Gasteiger partial charge in [0.1, 0.15) is 5.75 Å². The van der Waals surface area contributed by atoms with Crippen molar-refractivity contribution >= 4 is 0 Å². The molecule has 96 valence electrons. The lowest BCUT2D eigenvalue weighted by Gasteiger charge is -2.13. The molecule has 1 aromatic carbocycles. The Balaban J connectivity index is 2.52. The molecule has 0 saturated carbocycles. The highest BCUT2D eigenvalue weighted by atomic mass is 19.4. The van der Waals surface area contributed by atoms with Crippen molar-refractivity contribution in [1.82, 2.24) is 4.98 Å². The number of pyridine rings is 1. The van der Waals surface area contributed by atoms with Crippen LogP contribution in [0.15, 0.2) is 42.7 Å². The van der Waals surface area contributed by atoms with Gasteiger partial charge in [0.25, 0.3) is 0 Å². The summed E-state index contributed by atoms with van der Waals surface area (Å²) in [4.78, 5) is 3.79. The summed E-state index contributed by atoms with van der Waals surface area (Å²) in [5.41, 5.74) is 0.870. The van der Waals surface area contributed by atoms with Gasteiger partial charge in [-0.2, -0.15) is 5.26 Å². The second kappa shape index (κ2) is 4.98. The first-order chi connectivity index (χ1) is 8.99. The van der Waals surface area contributed by atoms with Crippen molar-refractivity contribution in [2.75, 3.05) is 0 Å². The molecule has 2 aromatic rings. The molecule has 19 heavy (non-hydrogen) atoms. The van der Waals surface area contributed by atoms with Crippen LogP contribution in [0.5, 0.6) is 5.75 Å². The quantitative estimate of drug-likeness (QED) is 0.833. The molecule has 0 amide bonds. The number of rotatable bonds is 2. The Morgan fingerprint density at radius 1 is 1.11 bits per heavy atom. The van der Waals surface area contributed by atoms with E-state index in [-0.39, 0.29) is 11.1 Å². The minimum atomic E-state index is -4.81. The Labute approximate surface area is 106 Å². The normalized spacial score (nSPS) is 10.8. The van der Waals surface area contributed by atoms with Crippen molar-refractivity contribution in [3.05, 3.63) is 48.3 Å². The predicted octanol–water partition coefficient (Wildman–Crippen LogP) is 3.52. The van der Waals surface area contributed by atoms with Gasteiger partial charge in [0, 0.05) is 18.0 Å². The van der Waals surface area contributed by atoms with Crippen molar-refractivity contribution in [2.24, 2.45) is 0 Å². The molecule has 1 aromatic heterocycles. The van der Waals surface area contributed by atoms with E-state index in [1.807, 2.05) is 0 Å². The summed E-state index contributed by atoms with van der Waals surface area (Å²) in [6.45, 7) is 0. The zero-order valence-corrected chi connectivity index (χ0v) is 9.48. The maximum Gasteiger partial charge on any atom is 0.573 e. The number of nitriles is 1. The van der Waals surface area contributed by atoms with Crippen LogP contribution >= 0.6 is 0 Å². The Morgan fingerprint density at radius 3 is 2.37 bits per heavy atom. The number of halogens is 3. The van der Waals surface area contributed by atoms with Gasteiger partial charge in [-0.1, -0.05) is 0 Å². The van der Waals surface area contributed by atoms with Crippen molar-refractivity contribution in [1.29, 1.82) is 5.26 Å². The van der Waals surface area contributed by atoms with Gasteiger partial charge >= 0.3 is 6.36 Å². The molecular formula is C13H7F3N2O. The predicted molar refractivity (Wildman–Crippen MR) is 61.1 cm³/mol. The number of benzene rings is 1. The molecule has 0 unspecified atom stereocenters. The van der Waals surface area contributed by atoms with Crippen LogP contribution in [0.25, 0.3) is 11.1 Å². The monoisotopic (exact) mass is 264 g/mol. The fraction of sp³-hybridized carbons (Fsp3) is 0.0769. The smallest absolute Gasteiger partial charge is 0.405 e. The SMILES string of the molecule is N#Cc1ccc(-c2ccncc2)c(OC(F)(F)F)c1. The molecule has 0 fully saturated rings. The van der Waals surface area contributed by atoms with Gasteiger partial charge in [-0.3, -0.25) is 4.98 Å². The summed E-state index contributed by atoms with van der Waals surface area (Å²) in [6.07, 6.45) is -1.88. The number of hydrogen-bond acceptors (Lipinski definition) is 3. The molecule has 6 heteroatoms. The lowest BCUT2D eigenvalue weighted by Crippen LogP contribution is -2.17. The van der Waals surface area contributed by atoms with Gasteiger partial charge in [0.15, 0.2) is 0 Å². The van der Waals surface area contributed by atoms with E-state index in [0.29, 0.717) is 5.56 Å². The van der Waals surface area contributed by atoms with Crippen molar-refractivity contribution in [2.45, 2.75) is 6.36 Å². The second-order valence-corrected chi connectivity index (χ2v) is 3.61. The first-order valence-corrected chi connectivity index (χ1v) is 5.20. The van der Waals surface area contributed by atoms with Gasteiger partial charge in [-0.05, 0) is 35.9 Å². The van der Waals surface area contributed by atoms with Crippen LogP contribution in [0.1, 0.15) is 5.56 Å². The molecule has 0 aliphatic rings. The van der Waals surface area contributed by atoms with E-state index < -0.39 is 12.1 Å². The minimum absolute atomic E-state index is 0.0945. The van der Waals surface area contributed by atoms with Crippen LogP contribution in [0.2, 0.25) is 0 Å². The second-order valence-electron chi connectivity index (χ2n) is 3.61. The molecule has 0 N–H and O–H groups in total. The van der Waals surface area contributed by atoms with E-state index in [2.05, 4.69) is 9.72 Å². The van der Waals surface area contributed by atoms with Crippen molar-refractivity contribution in [3.8, 4) is 22.9 Å². The van der Waals surface area contributed by atoms with Crippen LogP contribution < -0.4 is 4.74 Å². The van der Waals surface area contributed by atoms with Crippen LogP contribution in [0.4, 0.5) is 13.2 Å². The Morgan fingerprint density at radius 2 is 1.79 bits per heavy atom. The van der Waals surface area contributed by atoms with Gasteiger partial charge in [-0.15, -0.1) is 13.2 Å². The van der Waals surface area contributed by atoms with E-state index >= 15 is 0 Å². The first-order valence-electron chi connectivity index (χ1n) is 5.20. The largest absolute Gasteiger partial charge is 0.573 e. The Bertz CT molecular complexity index is 618. The van der Waals surface area contributed by atoms with Gasteiger partial charge in [0.2, 0.25) is 0 Å². The molecule has 2 rings (SSSR count). The standard InChI is InChI=1S/C13H7F3N2O/c14-13(15,16)19-12-7-9(8-17)1-2-11(12)10-3-5-18-6-4-10/h1-7H. The van der Waals surface area contributed by atoms with Crippen LogP contribution in [-0.2, 0) is 0 Å². The zero-order chi connectivity index (χ0) is 13.9. The summed E-state index contributed by atoms with van der Waals surface area (Å²) in [7, 11) is 0. The third-order valence-electron chi connectivity index (χ3n) is 2.33. The fourth-order valence-electron chi connectivity index (χ4n) is 1.57. The third kappa shape index (κ3) is 3.22. The first kappa shape index (κ1) is 12.9. The number of ether oxygens (including phenoxy) is 1. The number of aromatic nitrogens is 1. The van der Waals surface area contributed by atoms with E-state index in [1.165, 1.54) is 24.5 Å². The summed E-state index contributed by atoms with van der Waals surface area (Å²) in [5.74, 6) is -0.405. The maximum absolute atomic E-state index is 12.4. The number of alkyl halides is 3. The van der Waals surface area contributed by atoms with Crippen molar-refractivity contribution < 1.29 is 17.9 Å². The number of nitrogens with zero attached hydrogens (tertiary/aromatic N) is 2. The molecule has 1 heterocycles. The molecule has 0 aliphatic heterocycles. The highest BCUT2D eigenvalue weighted by Gasteiger charge is 2.32. The average Bonchev–Trinajstić information content (AvgIpc) is 2.38. The minimum Gasteiger partial charge on any atom is -0.405 e. The van der Waals surface area contributed by atoms with E-state index in [0.717, 1.165) is 6.07 Å². The zero-order valence-electron chi connectivity index (χ0n) is 9.48. The number of hydrogen-bond donors (Lipinski definition) is 0. The third-order valence-corrected chi connectivity index (χ3v) is 2.33. The van der Waals surface area contributed by atoms with Crippen LogP contribution in [-0.4, -0.2) is 11.3 Å². The molecule has 0 radical (unpaired) electrons. The lowest BCUT2D eigenvalue weighted by molar-refractivity contribution is -0.274. The average molecular weight is 264 g/mol. The Hall–Kier alpha value is -2.55. The summed E-state index contributed by atoms with van der Waals surface area (Å²) in [5, 5.41) is 8.73. The van der Waals surface area contributed by atoms with Gasteiger partial charge in [0.05, 0.1) is 11.6 Å². The molecule has 0 bridgehead atoms. The highest BCUT2D eigenvalue weighted by molar-refractivity contribution is 5.71. The molecule has 3 nitrogen and oxygen atoms in total.